The van der Waals surface area contributed by atoms with Gasteiger partial charge in [0.15, 0.2) is 0 Å². The summed E-state index contributed by atoms with van der Waals surface area (Å²) in [6.07, 6.45) is 2.18. The zero-order valence-electron chi connectivity index (χ0n) is 16.2. The first kappa shape index (κ1) is 19.1. The van der Waals surface area contributed by atoms with Gasteiger partial charge in [-0.1, -0.05) is 42.0 Å². The van der Waals surface area contributed by atoms with Gasteiger partial charge >= 0.3 is 0 Å². The molecule has 0 unspecified atom stereocenters. The number of anilines is 1. The van der Waals surface area contributed by atoms with Crippen LogP contribution in [0.15, 0.2) is 53.6 Å². The van der Waals surface area contributed by atoms with Crippen molar-refractivity contribution in [2.45, 2.75) is 20.3 Å². The number of hydrogen-bond acceptors (Lipinski definition) is 4. The van der Waals surface area contributed by atoms with Crippen LogP contribution in [0.2, 0.25) is 0 Å². The minimum absolute atomic E-state index is 0.0403. The van der Waals surface area contributed by atoms with E-state index in [1.165, 1.54) is 11.3 Å². The van der Waals surface area contributed by atoms with Crippen LogP contribution in [0.4, 0.5) is 5.69 Å². The van der Waals surface area contributed by atoms with Gasteiger partial charge in [-0.3, -0.25) is 9.69 Å². The third-order valence-electron chi connectivity index (χ3n) is 4.97. The molecule has 1 amide bonds. The number of piperazine rings is 1. The first-order valence-corrected chi connectivity index (χ1v) is 9.53. The fourth-order valence-corrected chi connectivity index (χ4v) is 3.33. The van der Waals surface area contributed by atoms with Gasteiger partial charge in [-0.2, -0.15) is 5.10 Å². The Labute approximate surface area is 161 Å². The summed E-state index contributed by atoms with van der Waals surface area (Å²) in [5.41, 5.74) is 7.32. The van der Waals surface area contributed by atoms with Crippen molar-refractivity contribution in [1.82, 2.24) is 10.3 Å². The molecule has 0 radical (unpaired) electrons. The van der Waals surface area contributed by atoms with Crippen molar-refractivity contribution in [1.29, 1.82) is 0 Å². The fourth-order valence-electron chi connectivity index (χ4n) is 3.33. The molecule has 2 aromatic carbocycles. The number of aryl methyl sites for hydroxylation is 2. The second-order valence-corrected chi connectivity index (χ2v) is 7.07. The zero-order valence-corrected chi connectivity index (χ0v) is 16.2. The standard InChI is InChI=1S/C22H28N4O/c1-18-8-9-20(19(2)16-18)17-23-24-22(27)10-11-25-12-14-26(15-13-25)21-6-4-3-5-7-21/h3-9,16-17H,10-15H2,1-2H3,(H,24,27)/b23-17-. The summed E-state index contributed by atoms with van der Waals surface area (Å²) in [5, 5.41) is 4.10. The van der Waals surface area contributed by atoms with Gasteiger partial charge in [-0.15, -0.1) is 0 Å². The van der Waals surface area contributed by atoms with Crippen LogP contribution in [-0.4, -0.2) is 49.7 Å². The van der Waals surface area contributed by atoms with Gasteiger partial charge in [-0.25, -0.2) is 5.43 Å². The van der Waals surface area contributed by atoms with E-state index in [4.69, 9.17) is 0 Å². The lowest BCUT2D eigenvalue weighted by molar-refractivity contribution is -0.121. The number of nitrogens with zero attached hydrogens (tertiary/aromatic N) is 3. The summed E-state index contributed by atoms with van der Waals surface area (Å²) in [6.45, 7) is 8.84. The van der Waals surface area contributed by atoms with Crippen molar-refractivity contribution in [2.75, 3.05) is 37.6 Å². The van der Waals surface area contributed by atoms with Crippen molar-refractivity contribution >= 4 is 17.8 Å². The minimum Gasteiger partial charge on any atom is -0.369 e. The molecule has 1 fully saturated rings. The van der Waals surface area contributed by atoms with Crippen molar-refractivity contribution < 1.29 is 4.79 Å². The Kier molecular flexibility index (Phi) is 6.60. The smallest absolute Gasteiger partial charge is 0.241 e. The van der Waals surface area contributed by atoms with Crippen LogP contribution in [0.1, 0.15) is 23.1 Å². The summed E-state index contributed by atoms with van der Waals surface area (Å²) >= 11 is 0. The second kappa shape index (κ2) is 9.33. The molecule has 0 atom stereocenters. The molecule has 142 valence electrons. The number of benzene rings is 2. The lowest BCUT2D eigenvalue weighted by atomic mass is 10.1. The Bertz CT molecular complexity index is 780. The topological polar surface area (TPSA) is 47.9 Å². The maximum atomic E-state index is 12.0. The molecule has 0 bridgehead atoms. The van der Waals surface area contributed by atoms with Crippen LogP contribution in [0.25, 0.3) is 0 Å². The van der Waals surface area contributed by atoms with Gasteiger partial charge in [0, 0.05) is 44.8 Å². The molecular weight excluding hydrogens is 336 g/mol. The Balaban J connectivity index is 1.38. The highest BCUT2D eigenvalue weighted by molar-refractivity contribution is 5.83. The van der Waals surface area contributed by atoms with E-state index in [1.807, 2.05) is 25.1 Å². The van der Waals surface area contributed by atoms with Crippen molar-refractivity contribution in [3.05, 3.63) is 65.2 Å². The number of hydrazone groups is 1. The average Bonchev–Trinajstić information content (AvgIpc) is 2.69. The quantitative estimate of drug-likeness (QED) is 0.633. The number of nitrogens with one attached hydrogen (secondary N) is 1. The van der Waals surface area contributed by atoms with E-state index in [1.54, 1.807) is 6.21 Å². The predicted octanol–water partition coefficient (Wildman–Crippen LogP) is 2.97. The number of rotatable bonds is 6. The van der Waals surface area contributed by atoms with Crippen LogP contribution in [0, 0.1) is 13.8 Å². The van der Waals surface area contributed by atoms with Gasteiger partial charge in [0.1, 0.15) is 0 Å². The summed E-state index contributed by atoms with van der Waals surface area (Å²) in [5.74, 6) is -0.0403. The zero-order chi connectivity index (χ0) is 19.1. The van der Waals surface area contributed by atoms with Crippen LogP contribution in [0.5, 0.6) is 0 Å². The summed E-state index contributed by atoms with van der Waals surface area (Å²) in [4.78, 5) is 16.8. The summed E-state index contributed by atoms with van der Waals surface area (Å²) in [7, 11) is 0. The Hall–Kier alpha value is -2.66. The first-order valence-electron chi connectivity index (χ1n) is 9.53. The Morgan fingerprint density at radius 1 is 1.07 bits per heavy atom. The molecule has 5 heteroatoms. The average molecular weight is 364 g/mol. The molecular formula is C22H28N4O. The molecule has 0 spiro atoms. The lowest BCUT2D eigenvalue weighted by Gasteiger charge is -2.36. The maximum Gasteiger partial charge on any atom is 0.241 e. The van der Waals surface area contributed by atoms with Crippen LogP contribution >= 0.6 is 0 Å². The number of carbonyl (C=O) groups is 1. The van der Waals surface area contributed by atoms with E-state index in [-0.39, 0.29) is 5.91 Å². The van der Waals surface area contributed by atoms with E-state index < -0.39 is 0 Å². The van der Waals surface area contributed by atoms with E-state index >= 15 is 0 Å². The molecule has 0 saturated carbocycles. The van der Waals surface area contributed by atoms with Gasteiger partial charge in [0.25, 0.3) is 0 Å². The Morgan fingerprint density at radius 2 is 1.81 bits per heavy atom. The fraction of sp³-hybridized carbons (Fsp3) is 0.364. The van der Waals surface area contributed by atoms with Crippen LogP contribution in [0.3, 0.4) is 0 Å². The SMILES string of the molecule is Cc1ccc(/C=N\NC(=O)CCN2CCN(c3ccccc3)CC2)c(C)c1. The molecule has 1 N–H and O–H groups in total. The molecule has 2 aromatic rings. The van der Waals surface area contributed by atoms with Crippen LogP contribution in [-0.2, 0) is 4.79 Å². The van der Waals surface area contributed by atoms with Crippen molar-refractivity contribution in [3.8, 4) is 0 Å². The highest BCUT2D eigenvalue weighted by Gasteiger charge is 2.17. The number of hydrogen-bond donors (Lipinski definition) is 1. The number of para-hydroxylation sites is 1. The molecule has 0 aromatic heterocycles. The molecule has 3 rings (SSSR count). The highest BCUT2D eigenvalue weighted by atomic mass is 16.2. The predicted molar refractivity (Wildman–Crippen MR) is 111 cm³/mol. The lowest BCUT2D eigenvalue weighted by Crippen LogP contribution is -2.47. The molecule has 0 aliphatic carbocycles. The molecule has 5 nitrogen and oxygen atoms in total. The van der Waals surface area contributed by atoms with Crippen molar-refractivity contribution in [2.24, 2.45) is 5.10 Å². The molecule has 1 saturated heterocycles. The second-order valence-electron chi connectivity index (χ2n) is 7.07. The third-order valence-corrected chi connectivity index (χ3v) is 4.97. The van der Waals surface area contributed by atoms with Gasteiger partial charge in [-0.05, 0) is 37.1 Å². The minimum atomic E-state index is -0.0403. The summed E-state index contributed by atoms with van der Waals surface area (Å²) in [6, 6.07) is 16.7. The largest absolute Gasteiger partial charge is 0.369 e. The normalized spacial score (nSPS) is 15.3. The van der Waals surface area contributed by atoms with E-state index in [0.717, 1.165) is 43.9 Å². The number of carbonyl (C=O) groups excluding carboxylic acids is 1. The van der Waals surface area contributed by atoms with Crippen molar-refractivity contribution in [3.63, 3.8) is 0 Å². The summed E-state index contributed by atoms with van der Waals surface area (Å²) < 4.78 is 0. The number of amides is 1. The highest BCUT2D eigenvalue weighted by Crippen LogP contribution is 2.15. The third kappa shape index (κ3) is 5.66. The van der Waals surface area contributed by atoms with Gasteiger partial charge < -0.3 is 4.90 Å². The van der Waals surface area contributed by atoms with E-state index in [9.17, 15) is 4.79 Å². The van der Waals surface area contributed by atoms with E-state index in [2.05, 4.69) is 57.6 Å². The molecule has 1 heterocycles. The van der Waals surface area contributed by atoms with E-state index in [0.29, 0.717) is 6.42 Å². The van der Waals surface area contributed by atoms with Crippen LogP contribution < -0.4 is 10.3 Å². The maximum absolute atomic E-state index is 12.0. The molecule has 27 heavy (non-hydrogen) atoms. The first-order chi connectivity index (χ1) is 13.1. The molecule has 1 aliphatic heterocycles. The van der Waals surface area contributed by atoms with Gasteiger partial charge in [0.2, 0.25) is 5.91 Å². The molecule has 1 aliphatic rings. The Morgan fingerprint density at radius 3 is 2.52 bits per heavy atom. The monoisotopic (exact) mass is 364 g/mol. The van der Waals surface area contributed by atoms with Gasteiger partial charge in [0.05, 0.1) is 6.21 Å².